The van der Waals surface area contributed by atoms with E-state index in [4.69, 9.17) is 9.72 Å². The summed E-state index contributed by atoms with van der Waals surface area (Å²) in [6.45, 7) is 10.3. The van der Waals surface area contributed by atoms with Crippen molar-refractivity contribution in [2.45, 2.75) is 31.8 Å². The number of aromatic amines is 1. The van der Waals surface area contributed by atoms with E-state index in [2.05, 4.69) is 61.8 Å². The molecule has 4 aliphatic rings. The lowest BCUT2D eigenvalue weighted by Gasteiger charge is -2.56. The van der Waals surface area contributed by atoms with Crippen molar-refractivity contribution in [2.75, 3.05) is 37.7 Å². The molecule has 3 saturated heterocycles. The number of anilines is 1. The Balaban J connectivity index is 1.07. The molecule has 4 aliphatic heterocycles. The zero-order valence-electron chi connectivity index (χ0n) is 23.1. The lowest BCUT2D eigenvalue weighted by atomic mass is 9.87. The van der Waals surface area contributed by atoms with E-state index >= 15 is 0 Å². The molecule has 0 saturated carbocycles. The van der Waals surface area contributed by atoms with Gasteiger partial charge < -0.3 is 14.6 Å². The number of nitrogens with zero attached hydrogens (tertiary/aromatic N) is 7. The number of pyridine rings is 2. The van der Waals surface area contributed by atoms with Crippen LogP contribution in [0, 0.1) is 18.3 Å². The van der Waals surface area contributed by atoms with Crippen LogP contribution in [-0.4, -0.2) is 75.6 Å². The topological polar surface area (TPSA) is 97.8 Å². The van der Waals surface area contributed by atoms with Crippen molar-refractivity contribution < 1.29 is 4.74 Å². The van der Waals surface area contributed by atoms with E-state index < -0.39 is 0 Å². The Morgan fingerprint density at radius 2 is 2.12 bits per heavy atom. The first-order chi connectivity index (χ1) is 20.1. The Morgan fingerprint density at radius 3 is 2.83 bits per heavy atom. The predicted molar refractivity (Wildman–Crippen MR) is 160 cm³/mol. The number of aromatic nitrogens is 4. The molecule has 0 radical (unpaired) electrons. The molecule has 206 valence electrons. The van der Waals surface area contributed by atoms with Gasteiger partial charge in [0.2, 0.25) is 0 Å². The first-order valence-electron chi connectivity index (χ1n) is 14.1. The van der Waals surface area contributed by atoms with Gasteiger partial charge in [0.05, 0.1) is 30.5 Å². The standard InChI is InChI=1S/C32H32N8O/c1-21(14-36-32-22(2)5-8-34-32)17-39-27-12-28(39)20-38(19-27)30-4-3-24(15-35-30)29-11-25(23-6-9-41-10-7-23)18-40-31(29)26(13-33)16-37-40/h3-6,8,11,14-16,18,27-28,34H,1,7,9-10,12,17,19-20H2,2H3. The molecule has 4 aromatic heterocycles. The number of rotatable bonds is 7. The third-order valence-corrected chi connectivity index (χ3v) is 8.48. The number of H-pyrrole nitrogens is 1. The summed E-state index contributed by atoms with van der Waals surface area (Å²) in [4.78, 5) is 17.5. The van der Waals surface area contributed by atoms with Gasteiger partial charge in [-0.25, -0.2) is 14.5 Å². The number of nitrogens with one attached hydrogen (secondary N) is 1. The van der Waals surface area contributed by atoms with E-state index in [1.54, 1.807) is 6.20 Å². The molecular formula is C32H32N8O. The highest BCUT2D eigenvalue weighted by Crippen LogP contribution is 2.36. The molecule has 0 aromatic carbocycles. The van der Waals surface area contributed by atoms with Crippen molar-refractivity contribution in [2.24, 2.45) is 4.99 Å². The number of piperazine rings is 1. The van der Waals surface area contributed by atoms with Gasteiger partial charge in [0.25, 0.3) is 0 Å². The van der Waals surface area contributed by atoms with Crippen molar-refractivity contribution in [1.82, 2.24) is 24.5 Å². The molecule has 8 rings (SSSR count). The van der Waals surface area contributed by atoms with Crippen molar-refractivity contribution >= 4 is 28.9 Å². The van der Waals surface area contributed by atoms with Gasteiger partial charge in [-0.2, -0.15) is 10.4 Å². The number of nitriles is 1. The normalized spacial score (nSPS) is 20.7. The fraction of sp³-hybridized carbons (Fsp3) is 0.312. The van der Waals surface area contributed by atoms with Gasteiger partial charge in [-0.15, -0.1) is 0 Å². The van der Waals surface area contributed by atoms with Crippen LogP contribution in [0.25, 0.3) is 22.2 Å². The monoisotopic (exact) mass is 544 g/mol. The highest BCUT2D eigenvalue weighted by atomic mass is 16.5. The van der Waals surface area contributed by atoms with Crippen LogP contribution in [0.3, 0.4) is 0 Å². The summed E-state index contributed by atoms with van der Waals surface area (Å²) in [5.74, 6) is 1.87. The third-order valence-electron chi connectivity index (χ3n) is 8.48. The number of piperidine rings is 1. The summed E-state index contributed by atoms with van der Waals surface area (Å²) in [6, 6.07) is 11.7. The number of aryl methyl sites for hydroxylation is 1. The van der Waals surface area contributed by atoms with Crippen LogP contribution < -0.4 is 4.90 Å². The molecule has 2 unspecified atom stereocenters. The second-order valence-corrected chi connectivity index (χ2v) is 11.1. The minimum Gasteiger partial charge on any atom is -0.377 e. The number of ether oxygens (including phenoxy) is 1. The quantitative estimate of drug-likeness (QED) is 0.332. The van der Waals surface area contributed by atoms with Crippen LogP contribution in [0.15, 0.2) is 72.3 Å². The van der Waals surface area contributed by atoms with Crippen molar-refractivity contribution in [3.05, 3.63) is 84.0 Å². The van der Waals surface area contributed by atoms with Gasteiger partial charge in [-0.3, -0.25) is 4.90 Å². The SMILES string of the molecule is C=C(C=Nc1[nH]ccc1C)CN1C2CC1CN(c1ccc(-c3cc(C4=CCOCC4)cn4ncc(C#N)c34)cn1)C2. The van der Waals surface area contributed by atoms with E-state index in [-0.39, 0.29) is 0 Å². The van der Waals surface area contributed by atoms with Gasteiger partial charge in [0, 0.05) is 67.6 Å². The molecule has 2 atom stereocenters. The smallest absolute Gasteiger partial charge is 0.132 e. The van der Waals surface area contributed by atoms with E-state index in [9.17, 15) is 5.26 Å². The molecular weight excluding hydrogens is 512 g/mol. The zero-order valence-corrected chi connectivity index (χ0v) is 23.1. The average Bonchev–Trinajstić information content (AvgIpc) is 3.64. The van der Waals surface area contributed by atoms with Gasteiger partial charge in [0.1, 0.15) is 17.7 Å². The molecule has 0 spiro atoms. The number of fused-ring (bicyclic) bond motifs is 3. The Kier molecular flexibility index (Phi) is 6.50. The molecule has 8 heterocycles. The van der Waals surface area contributed by atoms with Crippen LogP contribution in [0.5, 0.6) is 0 Å². The van der Waals surface area contributed by atoms with Crippen molar-refractivity contribution in [1.29, 1.82) is 5.26 Å². The molecule has 0 aliphatic carbocycles. The first kappa shape index (κ1) is 25.4. The maximum absolute atomic E-state index is 9.75. The Morgan fingerprint density at radius 1 is 1.24 bits per heavy atom. The molecule has 9 heteroatoms. The lowest BCUT2D eigenvalue weighted by Crippen LogP contribution is -2.69. The summed E-state index contributed by atoms with van der Waals surface area (Å²) in [7, 11) is 0. The molecule has 1 N–H and O–H groups in total. The van der Waals surface area contributed by atoms with E-state index in [1.807, 2.05) is 42.3 Å². The summed E-state index contributed by atoms with van der Waals surface area (Å²) >= 11 is 0. The second kappa shape index (κ2) is 10.5. The fourth-order valence-corrected chi connectivity index (χ4v) is 6.26. The molecule has 2 bridgehead atoms. The summed E-state index contributed by atoms with van der Waals surface area (Å²) in [5.41, 5.74) is 7.79. The van der Waals surface area contributed by atoms with Gasteiger partial charge in [0.15, 0.2) is 0 Å². The Bertz CT molecular complexity index is 1710. The van der Waals surface area contributed by atoms with Crippen LogP contribution in [0.2, 0.25) is 0 Å². The van der Waals surface area contributed by atoms with E-state index in [0.29, 0.717) is 30.9 Å². The number of hydrogen-bond acceptors (Lipinski definition) is 7. The summed E-state index contributed by atoms with van der Waals surface area (Å²) in [5, 5.41) is 14.2. The van der Waals surface area contributed by atoms with Crippen LogP contribution in [0.1, 0.15) is 29.5 Å². The molecule has 3 fully saturated rings. The predicted octanol–water partition coefficient (Wildman–Crippen LogP) is 4.93. The van der Waals surface area contributed by atoms with Crippen molar-refractivity contribution in [3.8, 4) is 17.2 Å². The minimum absolute atomic E-state index is 0.488. The van der Waals surface area contributed by atoms with Crippen molar-refractivity contribution in [3.63, 3.8) is 0 Å². The largest absolute Gasteiger partial charge is 0.377 e. The number of aliphatic imine (C=N–C) groups is 1. The maximum Gasteiger partial charge on any atom is 0.132 e. The average molecular weight is 545 g/mol. The highest BCUT2D eigenvalue weighted by Gasteiger charge is 2.44. The Hall–Kier alpha value is -4.52. The zero-order chi connectivity index (χ0) is 27.9. The third kappa shape index (κ3) is 4.75. The second-order valence-electron chi connectivity index (χ2n) is 11.1. The summed E-state index contributed by atoms with van der Waals surface area (Å²) in [6.07, 6.45) is 13.5. The number of hydrogen-bond donors (Lipinski definition) is 1. The maximum atomic E-state index is 9.75. The highest BCUT2D eigenvalue weighted by molar-refractivity contribution is 5.87. The fourth-order valence-electron chi connectivity index (χ4n) is 6.26. The van der Waals surface area contributed by atoms with Crippen LogP contribution in [-0.2, 0) is 4.74 Å². The van der Waals surface area contributed by atoms with Gasteiger partial charge >= 0.3 is 0 Å². The molecule has 0 amide bonds. The van der Waals surface area contributed by atoms with Crippen LogP contribution in [0.4, 0.5) is 11.6 Å². The van der Waals surface area contributed by atoms with Crippen LogP contribution >= 0.6 is 0 Å². The van der Waals surface area contributed by atoms with Gasteiger partial charge in [-0.05, 0) is 66.3 Å². The van der Waals surface area contributed by atoms with E-state index in [0.717, 1.165) is 71.0 Å². The Labute approximate surface area is 239 Å². The lowest BCUT2D eigenvalue weighted by molar-refractivity contribution is 0.00946. The summed E-state index contributed by atoms with van der Waals surface area (Å²) < 4.78 is 7.33. The molecule has 9 nitrogen and oxygen atoms in total. The molecule has 41 heavy (non-hydrogen) atoms. The molecule has 4 aromatic rings. The minimum atomic E-state index is 0.488. The van der Waals surface area contributed by atoms with Gasteiger partial charge in [-0.1, -0.05) is 12.7 Å². The van der Waals surface area contributed by atoms with E-state index in [1.165, 1.54) is 12.0 Å². The first-order valence-corrected chi connectivity index (χ1v) is 14.1.